The molecule has 0 spiro atoms. The van der Waals surface area contributed by atoms with Gasteiger partial charge in [-0.15, -0.1) is 0 Å². The van der Waals surface area contributed by atoms with Crippen molar-refractivity contribution in [3.8, 4) is 0 Å². The molecule has 1 heterocycles. The Morgan fingerprint density at radius 2 is 2.16 bits per heavy atom. The predicted octanol–water partition coefficient (Wildman–Crippen LogP) is 0.749. The van der Waals surface area contributed by atoms with Gasteiger partial charge in [0.2, 0.25) is 17.2 Å². The molecular weight excluding hydrogens is 272 g/mol. The van der Waals surface area contributed by atoms with E-state index in [1.54, 1.807) is 0 Å². The second-order valence-corrected chi connectivity index (χ2v) is 3.89. The maximum absolute atomic E-state index is 10.8. The molecule has 19 heavy (non-hydrogen) atoms. The molecule has 1 aromatic heterocycles. The lowest BCUT2D eigenvalue weighted by Crippen LogP contribution is -2.23. The van der Waals surface area contributed by atoms with Gasteiger partial charge in [-0.05, 0) is 18.5 Å². The molecule has 0 unspecified atom stereocenters. The zero-order valence-corrected chi connectivity index (χ0v) is 11.9. The number of halogens is 1. The first-order chi connectivity index (χ1) is 9.06. The number of rotatable bonds is 6. The van der Waals surface area contributed by atoms with E-state index in [1.807, 2.05) is 18.9 Å². The summed E-state index contributed by atoms with van der Waals surface area (Å²) in [6.07, 6.45) is -0.484. The van der Waals surface area contributed by atoms with E-state index in [0.717, 1.165) is 6.54 Å². The summed E-state index contributed by atoms with van der Waals surface area (Å²) in [6.45, 7) is 3.30. The van der Waals surface area contributed by atoms with Crippen molar-refractivity contribution < 1.29 is 9.53 Å². The van der Waals surface area contributed by atoms with Gasteiger partial charge in [-0.2, -0.15) is 15.0 Å². The molecule has 0 aliphatic carbocycles. The van der Waals surface area contributed by atoms with Gasteiger partial charge in [0.15, 0.2) is 0 Å². The van der Waals surface area contributed by atoms with Crippen molar-refractivity contribution in [3.63, 3.8) is 0 Å². The van der Waals surface area contributed by atoms with Crippen LogP contribution < -0.4 is 15.5 Å². The van der Waals surface area contributed by atoms with Gasteiger partial charge in [-0.3, -0.25) is 0 Å². The second kappa shape index (κ2) is 7.57. The third-order valence-electron chi connectivity index (χ3n) is 2.23. The van der Waals surface area contributed by atoms with E-state index in [-0.39, 0.29) is 11.9 Å². The first kappa shape index (κ1) is 15.2. The molecule has 0 saturated heterocycles. The normalized spacial score (nSPS) is 9.89. The van der Waals surface area contributed by atoms with Gasteiger partial charge in [0, 0.05) is 20.6 Å². The number of ether oxygens (including phenoxy) is 1. The number of amides is 1. The minimum absolute atomic E-state index is 0.111. The Labute approximate surface area is 116 Å². The van der Waals surface area contributed by atoms with Crippen molar-refractivity contribution in [2.75, 3.05) is 44.0 Å². The standard InChI is InChI=1S/C10H17ClN6O2/c1-4-17(3)9-15-7(11)14-8(16-9)13-5-6-19-10(18)12-2/h4-6H2,1-3H3,(H,12,18)(H,13,14,15,16). The van der Waals surface area contributed by atoms with Crippen LogP contribution in [0.3, 0.4) is 0 Å². The summed E-state index contributed by atoms with van der Waals surface area (Å²) in [6, 6.07) is 0. The molecule has 2 N–H and O–H groups in total. The van der Waals surface area contributed by atoms with E-state index in [9.17, 15) is 4.79 Å². The average molecular weight is 289 g/mol. The topological polar surface area (TPSA) is 92.3 Å². The molecule has 8 nitrogen and oxygen atoms in total. The molecule has 0 radical (unpaired) electrons. The highest BCUT2D eigenvalue weighted by Crippen LogP contribution is 2.11. The van der Waals surface area contributed by atoms with Gasteiger partial charge in [0.05, 0.1) is 6.54 Å². The van der Waals surface area contributed by atoms with Crippen molar-refractivity contribution in [3.05, 3.63) is 5.28 Å². The Bertz CT molecular complexity index is 430. The van der Waals surface area contributed by atoms with Gasteiger partial charge >= 0.3 is 6.09 Å². The molecule has 0 aliphatic rings. The van der Waals surface area contributed by atoms with Crippen molar-refractivity contribution in [1.29, 1.82) is 0 Å². The van der Waals surface area contributed by atoms with Crippen LogP contribution in [0.5, 0.6) is 0 Å². The van der Waals surface area contributed by atoms with E-state index in [2.05, 4.69) is 25.6 Å². The quantitative estimate of drug-likeness (QED) is 0.746. The van der Waals surface area contributed by atoms with E-state index in [0.29, 0.717) is 18.4 Å². The van der Waals surface area contributed by atoms with Gasteiger partial charge < -0.3 is 20.3 Å². The highest BCUT2D eigenvalue weighted by Gasteiger charge is 2.07. The number of hydrogen-bond acceptors (Lipinski definition) is 7. The summed E-state index contributed by atoms with van der Waals surface area (Å²) in [7, 11) is 3.35. The van der Waals surface area contributed by atoms with E-state index < -0.39 is 6.09 Å². The van der Waals surface area contributed by atoms with E-state index >= 15 is 0 Å². The number of carbonyl (C=O) groups excluding carboxylic acids is 1. The highest BCUT2D eigenvalue weighted by atomic mass is 35.5. The number of hydrogen-bond donors (Lipinski definition) is 2. The zero-order valence-electron chi connectivity index (χ0n) is 11.1. The Balaban J connectivity index is 2.54. The summed E-state index contributed by atoms with van der Waals surface area (Å²) in [4.78, 5) is 24.8. The van der Waals surface area contributed by atoms with Gasteiger partial charge in [0.1, 0.15) is 6.61 Å². The van der Waals surface area contributed by atoms with Crippen LogP contribution in [0.25, 0.3) is 0 Å². The highest BCUT2D eigenvalue weighted by molar-refractivity contribution is 6.28. The number of alkyl carbamates (subject to hydrolysis) is 1. The molecule has 0 aliphatic heterocycles. The lowest BCUT2D eigenvalue weighted by molar-refractivity contribution is 0.153. The van der Waals surface area contributed by atoms with Gasteiger partial charge in [-0.1, -0.05) is 0 Å². The molecule has 9 heteroatoms. The molecule has 1 amide bonds. The van der Waals surface area contributed by atoms with Crippen LogP contribution in [-0.2, 0) is 4.74 Å². The first-order valence-corrected chi connectivity index (χ1v) is 6.15. The third-order valence-corrected chi connectivity index (χ3v) is 2.40. The van der Waals surface area contributed by atoms with Crippen LogP contribution in [0.2, 0.25) is 5.28 Å². The maximum atomic E-state index is 10.8. The summed E-state index contributed by atoms with van der Waals surface area (Å²) < 4.78 is 4.81. The van der Waals surface area contributed by atoms with Crippen molar-refractivity contribution in [2.24, 2.45) is 0 Å². The lowest BCUT2D eigenvalue weighted by Gasteiger charge is -2.15. The minimum Gasteiger partial charge on any atom is -0.448 e. The SMILES string of the molecule is CCN(C)c1nc(Cl)nc(NCCOC(=O)NC)n1. The van der Waals surface area contributed by atoms with Gasteiger partial charge in [-0.25, -0.2) is 4.79 Å². The number of carbonyl (C=O) groups is 1. The van der Waals surface area contributed by atoms with Gasteiger partial charge in [0.25, 0.3) is 0 Å². The molecular formula is C10H17ClN6O2. The largest absolute Gasteiger partial charge is 0.448 e. The summed E-state index contributed by atoms with van der Waals surface area (Å²) in [5.41, 5.74) is 0. The second-order valence-electron chi connectivity index (χ2n) is 3.55. The monoisotopic (exact) mass is 288 g/mol. The van der Waals surface area contributed by atoms with E-state index in [1.165, 1.54) is 7.05 Å². The van der Waals surface area contributed by atoms with E-state index in [4.69, 9.17) is 16.3 Å². The van der Waals surface area contributed by atoms with Crippen LogP contribution in [0.1, 0.15) is 6.92 Å². The fourth-order valence-electron chi connectivity index (χ4n) is 1.11. The number of anilines is 2. The number of nitrogens with one attached hydrogen (secondary N) is 2. The Morgan fingerprint density at radius 1 is 1.42 bits per heavy atom. The first-order valence-electron chi connectivity index (χ1n) is 5.78. The molecule has 106 valence electrons. The summed E-state index contributed by atoms with van der Waals surface area (Å²) in [5.74, 6) is 0.827. The summed E-state index contributed by atoms with van der Waals surface area (Å²) in [5, 5.41) is 5.36. The van der Waals surface area contributed by atoms with Crippen LogP contribution in [0, 0.1) is 0 Å². The fraction of sp³-hybridized carbons (Fsp3) is 0.600. The fourth-order valence-corrected chi connectivity index (χ4v) is 1.27. The van der Waals surface area contributed by atoms with Crippen molar-refractivity contribution in [1.82, 2.24) is 20.3 Å². The molecule has 1 rings (SSSR count). The Kier molecular flexibility index (Phi) is 6.07. The number of aromatic nitrogens is 3. The molecule has 0 atom stereocenters. The van der Waals surface area contributed by atoms with Crippen molar-refractivity contribution in [2.45, 2.75) is 6.92 Å². The molecule has 1 aromatic rings. The third kappa shape index (κ3) is 5.12. The lowest BCUT2D eigenvalue weighted by atomic mass is 10.6. The molecule has 0 aromatic carbocycles. The molecule has 0 saturated carbocycles. The van der Waals surface area contributed by atoms with Crippen LogP contribution >= 0.6 is 11.6 Å². The van der Waals surface area contributed by atoms with Crippen LogP contribution in [0.4, 0.5) is 16.7 Å². The molecule has 0 fully saturated rings. The van der Waals surface area contributed by atoms with Crippen LogP contribution in [0.15, 0.2) is 0 Å². The smallest absolute Gasteiger partial charge is 0.406 e. The Morgan fingerprint density at radius 3 is 2.79 bits per heavy atom. The number of nitrogens with zero attached hydrogens (tertiary/aromatic N) is 4. The average Bonchev–Trinajstić information content (AvgIpc) is 2.41. The van der Waals surface area contributed by atoms with Crippen molar-refractivity contribution >= 4 is 29.6 Å². The summed E-state index contributed by atoms with van der Waals surface area (Å²) >= 11 is 5.81. The zero-order chi connectivity index (χ0) is 14.3. The molecule has 0 bridgehead atoms. The predicted molar refractivity (Wildman–Crippen MR) is 72.7 cm³/mol. The Hall–Kier alpha value is -1.83. The maximum Gasteiger partial charge on any atom is 0.406 e. The minimum atomic E-state index is -0.484. The van der Waals surface area contributed by atoms with Crippen LogP contribution in [-0.4, -0.2) is 54.8 Å².